The summed E-state index contributed by atoms with van der Waals surface area (Å²) in [5.74, 6) is -2.03. The summed E-state index contributed by atoms with van der Waals surface area (Å²) < 4.78 is 0. The number of rotatable bonds is 18. The molecule has 3 atom stereocenters. The first kappa shape index (κ1) is 29.1. The highest BCUT2D eigenvalue weighted by atomic mass is 32.2. The SMILES string of the molecule is CSCCC(N)C(=O)NC(CCCCN)C(=O)NCC(=O)NC(CCCCN)C(=O)O. The van der Waals surface area contributed by atoms with Crippen LogP contribution in [0, 0.1) is 0 Å². The second-order valence-electron chi connectivity index (χ2n) is 7.19. The maximum Gasteiger partial charge on any atom is 0.326 e. The molecule has 0 aromatic heterocycles. The molecule has 10 N–H and O–H groups in total. The van der Waals surface area contributed by atoms with Crippen LogP contribution >= 0.6 is 11.8 Å². The van der Waals surface area contributed by atoms with Crippen LogP contribution < -0.4 is 33.2 Å². The lowest BCUT2D eigenvalue weighted by Gasteiger charge is -2.21. The Bertz CT molecular complexity index is 566. The van der Waals surface area contributed by atoms with Crippen molar-refractivity contribution >= 4 is 35.5 Å². The lowest BCUT2D eigenvalue weighted by atomic mass is 10.1. The molecule has 180 valence electrons. The highest BCUT2D eigenvalue weighted by molar-refractivity contribution is 7.98. The van der Waals surface area contributed by atoms with Gasteiger partial charge in [-0.25, -0.2) is 4.79 Å². The van der Waals surface area contributed by atoms with E-state index in [4.69, 9.17) is 17.2 Å². The van der Waals surface area contributed by atoms with Gasteiger partial charge in [-0.05, 0) is 70.0 Å². The first-order valence-electron chi connectivity index (χ1n) is 10.5. The molecule has 0 heterocycles. The third-order valence-electron chi connectivity index (χ3n) is 4.55. The zero-order valence-electron chi connectivity index (χ0n) is 18.2. The van der Waals surface area contributed by atoms with Gasteiger partial charge in [-0.3, -0.25) is 14.4 Å². The van der Waals surface area contributed by atoms with Gasteiger partial charge in [-0.15, -0.1) is 0 Å². The zero-order valence-corrected chi connectivity index (χ0v) is 19.0. The third kappa shape index (κ3) is 13.9. The Balaban J connectivity index is 4.75. The largest absolute Gasteiger partial charge is 0.480 e. The highest BCUT2D eigenvalue weighted by Crippen LogP contribution is 2.04. The summed E-state index contributed by atoms with van der Waals surface area (Å²) in [4.78, 5) is 48.2. The molecule has 3 amide bonds. The zero-order chi connectivity index (χ0) is 23.6. The van der Waals surface area contributed by atoms with Gasteiger partial charge in [0.25, 0.3) is 0 Å². The summed E-state index contributed by atoms with van der Waals surface area (Å²) in [7, 11) is 0. The number of aliphatic carboxylic acids is 1. The van der Waals surface area contributed by atoms with Crippen molar-refractivity contribution in [1.82, 2.24) is 16.0 Å². The normalized spacial score (nSPS) is 13.7. The Kier molecular flexibility index (Phi) is 16.7. The van der Waals surface area contributed by atoms with E-state index in [9.17, 15) is 24.3 Å². The standard InChI is InChI=1S/C19H38N6O5S/c1-31-11-8-13(22)17(27)25-14(6-2-4-9-20)18(28)23-12-16(26)24-15(19(29)30)7-3-5-10-21/h13-15H,2-12,20-22H2,1H3,(H,23,28)(H,24,26)(H,25,27)(H,29,30). The predicted molar refractivity (Wildman–Crippen MR) is 121 cm³/mol. The second kappa shape index (κ2) is 17.8. The first-order chi connectivity index (χ1) is 14.8. The number of thioether (sulfide) groups is 1. The van der Waals surface area contributed by atoms with E-state index in [1.807, 2.05) is 6.26 Å². The minimum Gasteiger partial charge on any atom is -0.480 e. The molecule has 0 spiro atoms. The third-order valence-corrected chi connectivity index (χ3v) is 5.20. The van der Waals surface area contributed by atoms with E-state index in [2.05, 4.69) is 16.0 Å². The molecule has 0 aromatic carbocycles. The molecule has 11 nitrogen and oxygen atoms in total. The Morgan fingerprint density at radius 2 is 1.45 bits per heavy atom. The molecule has 0 aromatic rings. The molecule has 12 heteroatoms. The van der Waals surface area contributed by atoms with Gasteiger partial charge >= 0.3 is 5.97 Å². The number of carbonyl (C=O) groups excluding carboxylic acids is 3. The van der Waals surface area contributed by atoms with Crippen LogP contribution in [0.3, 0.4) is 0 Å². The maximum absolute atomic E-state index is 12.5. The second-order valence-corrected chi connectivity index (χ2v) is 8.18. The fourth-order valence-corrected chi connectivity index (χ4v) is 3.19. The van der Waals surface area contributed by atoms with Gasteiger partial charge in [-0.1, -0.05) is 0 Å². The smallest absolute Gasteiger partial charge is 0.326 e. The molecule has 31 heavy (non-hydrogen) atoms. The minimum atomic E-state index is -1.15. The number of unbranched alkanes of at least 4 members (excludes halogenated alkanes) is 2. The topological polar surface area (TPSA) is 203 Å². The van der Waals surface area contributed by atoms with Crippen LogP contribution in [-0.2, 0) is 19.2 Å². The Labute approximate surface area is 188 Å². The number of nitrogens with one attached hydrogen (secondary N) is 3. The average molecular weight is 463 g/mol. The molecule has 3 unspecified atom stereocenters. The van der Waals surface area contributed by atoms with Crippen molar-refractivity contribution in [1.29, 1.82) is 0 Å². The number of carbonyl (C=O) groups is 4. The van der Waals surface area contributed by atoms with Crippen molar-refractivity contribution in [2.24, 2.45) is 17.2 Å². The summed E-state index contributed by atoms with van der Waals surface area (Å²) >= 11 is 1.57. The van der Waals surface area contributed by atoms with E-state index in [1.54, 1.807) is 11.8 Å². The molecular weight excluding hydrogens is 424 g/mol. The lowest BCUT2D eigenvalue weighted by Crippen LogP contribution is -2.53. The van der Waals surface area contributed by atoms with E-state index >= 15 is 0 Å². The van der Waals surface area contributed by atoms with Crippen LogP contribution in [0.2, 0.25) is 0 Å². The average Bonchev–Trinajstić information content (AvgIpc) is 2.74. The minimum absolute atomic E-state index is 0.248. The predicted octanol–water partition coefficient (Wildman–Crippen LogP) is -1.50. The number of hydrogen-bond acceptors (Lipinski definition) is 8. The number of hydrogen-bond donors (Lipinski definition) is 7. The van der Waals surface area contributed by atoms with Gasteiger partial charge in [0.2, 0.25) is 17.7 Å². The molecule has 0 saturated carbocycles. The van der Waals surface area contributed by atoms with Crippen LogP contribution in [0.1, 0.15) is 44.9 Å². The van der Waals surface area contributed by atoms with Crippen LogP contribution in [0.15, 0.2) is 0 Å². The maximum atomic E-state index is 12.5. The van der Waals surface area contributed by atoms with Gasteiger partial charge in [0.05, 0.1) is 12.6 Å². The van der Waals surface area contributed by atoms with Crippen molar-refractivity contribution in [3.63, 3.8) is 0 Å². The Hall–Kier alpha value is -1.89. The molecular formula is C19H38N6O5S. The van der Waals surface area contributed by atoms with Crippen molar-refractivity contribution in [2.75, 3.05) is 31.6 Å². The van der Waals surface area contributed by atoms with Crippen molar-refractivity contribution in [2.45, 2.75) is 63.1 Å². The summed E-state index contributed by atoms with van der Waals surface area (Å²) in [6.45, 7) is 0.495. The summed E-state index contributed by atoms with van der Waals surface area (Å²) in [6, 6.07) is -2.64. The van der Waals surface area contributed by atoms with Crippen LogP contribution in [0.25, 0.3) is 0 Å². The Morgan fingerprint density at radius 1 is 0.871 bits per heavy atom. The van der Waals surface area contributed by atoms with Gasteiger partial charge in [0, 0.05) is 0 Å². The molecule has 0 bridgehead atoms. The first-order valence-corrected chi connectivity index (χ1v) is 11.9. The molecule has 0 aliphatic carbocycles. The van der Waals surface area contributed by atoms with E-state index in [-0.39, 0.29) is 6.42 Å². The number of carboxylic acids is 1. The lowest BCUT2D eigenvalue weighted by molar-refractivity contribution is -0.142. The van der Waals surface area contributed by atoms with E-state index < -0.39 is 48.4 Å². The quantitative estimate of drug-likeness (QED) is 0.118. The van der Waals surface area contributed by atoms with Crippen LogP contribution in [0.5, 0.6) is 0 Å². The molecule has 0 saturated heterocycles. The van der Waals surface area contributed by atoms with Crippen LogP contribution in [0.4, 0.5) is 0 Å². The molecule has 0 fully saturated rings. The fourth-order valence-electron chi connectivity index (χ4n) is 2.70. The monoisotopic (exact) mass is 462 g/mol. The van der Waals surface area contributed by atoms with Gasteiger partial charge in [0.15, 0.2) is 0 Å². The number of carboxylic acid groups (broad SMARTS) is 1. The van der Waals surface area contributed by atoms with Crippen molar-refractivity contribution < 1.29 is 24.3 Å². The van der Waals surface area contributed by atoms with Gasteiger partial charge in [0.1, 0.15) is 12.1 Å². The van der Waals surface area contributed by atoms with Gasteiger partial charge < -0.3 is 38.3 Å². The van der Waals surface area contributed by atoms with E-state index in [0.29, 0.717) is 51.6 Å². The highest BCUT2D eigenvalue weighted by Gasteiger charge is 2.24. The van der Waals surface area contributed by atoms with Crippen molar-refractivity contribution in [3.8, 4) is 0 Å². The number of amides is 3. The summed E-state index contributed by atoms with van der Waals surface area (Å²) in [6.07, 6.45) is 5.50. The van der Waals surface area contributed by atoms with Gasteiger partial charge in [-0.2, -0.15) is 11.8 Å². The molecule has 0 rings (SSSR count). The molecule has 0 radical (unpaired) electrons. The van der Waals surface area contributed by atoms with Crippen LogP contribution in [-0.4, -0.2) is 78.6 Å². The summed E-state index contributed by atoms with van der Waals surface area (Å²) in [5.41, 5.74) is 16.7. The fraction of sp³-hybridized carbons (Fsp3) is 0.789. The van der Waals surface area contributed by atoms with E-state index in [0.717, 1.165) is 5.75 Å². The Morgan fingerprint density at radius 3 is 1.97 bits per heavy atom. The summed E-state index contributed by atoms with van der Waals surface area (Å²) in [5, 5.41) is 16.7. The number of nitrogens with two attached hydrogens (primary N) is 3. The molecule has 0 aliphatic rings. The molecule has 0 aliphatic heterocycles. The van der Waals surface area contributed by atoms with Crippen molar-refractivity contribution in [3.05, 3.63) is 0 Å². The van der Waals surface area contributed by atoms with E-state index in [1.165, 1.54) is 0 Å².